The van der Waals surface area contributed by atoms with Crippen LogP contribution < -0.4 is 14.8 Å². The molecule has 2 amide bonds. The van der Waals surface area contributed by atoms with Crippen LogP contribution in [0.1, 0.15) is 36.4 Å². The second kappa shape index (κ2) is 9.65. The van der Waals surface area contributed by atoms with Crippen LogP contribution in [0.2, 0.25) is 0 Å². The number of carbonyl (C=O) groups excluding carboxylic acids is 1. The van der Waals surface area contributed by atoms with Gasteiger partial charge in [-0.15, -0.1) is 0 Å². The molecule has 2 N–H and O–H groups in total. The number of anilines is 1. The molecule has 3 aromatic rings. The van der Waals surface area contributed by atoms with Gasteiger partial charge in [0.1, 0.15) is 5.82 Å². The van der Waals surface area contributed by atoms with Crippen LogP contribution in [-0.2, 0) is 22.9 Å². The van der Waals surface area contributed by atoms with Gasteiger partial charge in [-0.2, -0.15) is 13.5 Å². The van der Waals surface area contributed by atoms with Crippen molar-refractivity contribution in [3.63, 3.8) is 0 Å². The average Bonchev–Trinajstić information content (AvgIpc) is 3.30. The molecular weight excluding hydrogens is 472 g/mol. The number of methoxy groups -OCH3 is 1. The summed E-state index contributed by atoms with van der Waals surface area (Å²) in [5.41, 5.74) is 2.55. The van der Waals surface area contributed by atoms with E-state index < -0.39 is 16.1 Å². The van der Waals surface area contributed by atoms with Crippen LogP contribution in [0.25, 0.3) is 11.1 Å². The van der Waals surface area contributed by atoms with Crippen molar-refractivity contribution < 1.29 is 22.3 Å². The van der Waals surface area contributed by atoms with Crippen LogP contribution in [-0.4, -0.2) is 65.9 Å². The predicted molar refractivity (Wildman–Crippen MR) is 125 cm³/mol. The molecule has 0 unspecified atom stereocenters. The Balaban J connectivity index is 0.00000274. The summed E-state index contributed by atoms with van der Waals surface area (Å²) in [4.78, 5) is 16.8. The second-order valence-corrected chi connectivity index (χ2v) is 9.73. The Morgan fingerprint density at radius 2 is 1.97 bits per heavy atom. The quantitative estimate of drug-likeness (QED) is 0.508. The molecule has 0 spiro atoms. The topological polar surface area (TPSA) is 115 Å². The number of pyridine rings is 1. The molecule has 0 aliphatic heterocycles. The van der Waals surface area contributed by atoms with Crippen molar-refractivity contribution in [2.24, 2.45) is 0 Å². The van der Waals surface area contributed by atoms with E-state index in [1.165, 1.54) is 25.4 Å². The van der Waals surface area contributed by atoms with Gasteiger partial charge in [0.05, 0.1) is 18.8 Å². The van der Waals surface area contributed by atoms with Crippen molar-refractivity contribution in [1.82, 2.24) is 19.5 Å². The number of nitrogens with zero attached hydrogens (tertiary/aromatic N) is 3. The summed E-state index contributed by atoms with van der Waals surface area (Å²) in [7, 11) is -2.70. The molecule has 2 heterocycles. The first kappa shape index (κ1) is 24.6. The SMILES string of the molecule is COc1cc(-c2cc(F)c3c(c2NC(=O)NS(=O)(=O)c2ccn(C4CC4)n2)CCC3)ccn1.[NaH]. The molecule has 1 fully saturated rings. The van der Waals surface area contributed by atoms with Crippen molar-refractivity contribution in [1.29, 1.82) is 0 Å². The summed E-state index contributed by atoms with van der Waals surface area (Å²) in [5, 5.41) is 6.49. The van der Waals surface area contributed by atoms with Gasteiger partial charge in [-0.05, 0) is 67.0 Å². The fraction of sp³-hybridized carbons (Fsp3) is 0.318. The molecule has 174 valence electrons. The minimum absolute atomic E-state index is 0. The number of sulfonamides is 1. The summed E-state index contributed by atoms with van der Waals surface area (Å²) in [6, 6.07) is 5.27. The van der Waals surface area contributed by atoms with Crippen LogP contribution in [0.15, 0.2) is 41.7 Å². The van der Waals surface area contributed by atoms with Gasteiger partial charge in [-0.1, -0.05) is 0 Å². The first-order valence-electron chi connectivity index (χ1n) is 10.6. The summed E-state index contributed by atoms with van der Waals surface area (Å²) >= 11 is 0. The average molecular weight is 496 g/mol. The Morgan fingerprint density at radius 3 is 2.71 bits per heavy atom. The van der Waals surface area contributed by atoms with Crippen molar-refractivity contribution in [2.45, 2.75) is 43.2 Å². The molecule has 1 aromatic carbocycles. The molecule has 2 aromatic heterocycles. The Bertz CT molecular complexity index is 1360. The number of benzene rings is 1. The van der Waals surface area contributed by atoms with E-state index in [9.17, 15) is 17.6 Å². The number of nitrogens with one attached hydrogen (secondary N) is 2. The van der Waals surface area contributed by atoms with E-state index in [0.29, 0.717) is 46.7 Å². The maximum absolute atomic E-state index is 14.8. The number of rotatable bonds is 6. The van der Waals surface area contributed by atoms with Crippen molar-refractivity contribution >= 4 is 51.3 Å². The van der Waals surface area contributed by atoms with Crippen molar-refractivity contribution in [3.05, 3.63) is 53.6 Å². The van der Waals surface area contributed by atoms with Gasteiger partial charge in [-0.25, -0.2) is 18.9 Å². The summed E-state index contributed by atoms with van der Waals surface area (Å²) in [5.74, 6) is -0.0323. The zero-order valence-corrected chi connectivity index (χ0v) is 18.7. The minimum atomic E-state index is -4.17. The molecule has 12 heteroatoms. The fourth-order valence-corrected chi connectivity index (χ4v) is 4.95. The monoisotopic (exact) mass is 495 g/mol. The van der Waals surface area contributed by atoms with Crippen LogP contribution in [0.3, 0.4) is 0 Å². The predicted octanol–water partition coefficient (Wildman–Crippen LogP) is 2.78. The fourth-order valence-electron chi connectivity index (χ4n) is 4.11. The van der Waals surface area contributed by atoms with E-state index in [4.69, 9.17) is 4.74 Å². The third kappa shape index (κ3) is 4.83. The summed E-state index contributed by atoms with van der Waals surface area (Å²) in [6.45, 7) is 0. The first-order chi connectivity index (χ1) is 15.9. The number of halogens is 1. The number of fused-ring (bicyclic) bond motifs is 1. The maximum atomic E-state index is 14.8. The number of hydrogen-bond donors (Lipinski definition) is 2. The second-order valence-electron chi connectivity index (χ2n) is 8.10. The molecule has 34 heavy (non-hydrogen) atoms. The number of aromatic nitrogens is 3. The van der Waals surface area contributed by atoms with Crippen LogP contribution in [0.4, 0.5) is 14.9 Å². The Hall–Kier alpha value is -2.47. The molecule has 0 radical (unpaired) electrons. The first-order valence-corrected chi connectivity index (χ1v) is 12.1. The Kier molecular flexibility index (Phi) is 6.99. The number of amides is 2. The van der Waals surface area contributed by atoms with Crippen molar-refractivity contribution in [3.8, 4) is 17.0 Å². The standard InChI is InChI=1S/C22H22FN5O4S.Na.H/c1-32-19-11-13(7-9-24-19)17-12-18(23)15-3-2-4-16(15)21(17)25-22(29)27-33(30,31)20-8-10-28(26-20)14-5-6-14;;/h7-12,14H,2-6H2,1H3,(H2,25,27,29);;. The van der Waals surface area contributed by atoms with E-state index >= 15 is 0 Å². The zero-order valence-electron chi connectivity index (χ0n) is 17.8. The molecule has 2 aliphatic carbocycles. The zero-order chi connectivity index (χ0) is 23.2. The number of urea groups is 1. The molecule has 2 aliphatic rings. The van der Waals surface area contributed by atoms with Gasteiger partial charge in [0.15, 0.2) is 5.03 Å². The van der Waals surface area contributed by atoms with Crippen molar-refractivity contribution in [2.75, 3.05) is 12.4 Å². The Morgan fingerprint density at radius 1 is 1.21 bits per heavy atom. The Labute approximate surface area is 218 Å². The third-order valence-electron chi connectivity index (χ3n) is 5.85. The van der Waals surface area contributed by atoms with Gasteiger partial charge in [0.25, 0.3) is 10.0 Å². The number of ether oxygens (including phenoxy) is 1. The van der Waals surface area contributed by atoms with Gasteiger partial charge < -0.3 is 10.1 Å². The molecule has 0 bridgehead atoms. The van der Waals surface area contributed by atoms with E-state index in [1.807, 2.05) is 4.72 Å². The van der Waals surface area contributed by atoms with Gasteiger partial charge in [0.2, 0.25) is 5.88 Å². The van der Waals surface area contributed by atoms with E-state index in [0.717, 1.165) is 19.3 Å². The van der Waals surface area contributed by atoms with E-state index in [2.05, 4.69) is 15.4 Å². The number of hydrogen-bond acceptors (Lipinski definition) is 6. The molecule has 0 atom stereocenters. The normalized spacial score (nSPS) is 14.8. The molecule has 1 saturated carbocycles. The molecule has 9 nitrogen and oxygen atoms in total. The summed E-state index contributed by atoms with van der Waals surface area (Å²) in [6.07, 6.45) is 6.86. The molecular formula is C22H23FN5NaO4S. The van der Waals surface area contributed by atoms with E-state index in [-0.39, 0.29) is 46.4 Å². The molecule has 5 rings (SSSR count). The van der Waals surface area contributed by atoms with Crippen LogP contribution >= 0.6 is 0 Å². The van der Waals surface area contributed by atoms with Crippen LogP contribution in [0.5, 0.6) is 5.88 Å². The van der Waals surface area contributed by atoms with E-state index in [1.54, 1.807) is 23.0 Å². The van der Waals surface area contributed by atoms with Gasteiger partial charge >= 0.3 is 35.6 Å². The van der Waals surface area contributed by atoms with Crippen LogP contribution in [0, 0.1) is 5.82 Å². The third-order valence-corrected chi connectivity index (χ3v) is 7.07. The van der Waals surface area contributed by atoms with Gasteiger partial charge in [0, 0.05) is 24.0 Å². The summed E-state index contributed by atoms with van der Waals surface area (Å²) < 4.78 is 49.0. The van der Waals surface area contributed by atoms with Gasteiger partial charge in [-0.3, -0.25) is 4.68 Å². The number of carbonyl (C=O) groups is 1. The molecule has 0 saturated heterocycles.